The Kier molecular flexibility index (Phi) is 3.58. The third-order valence-corrected chi connectivity index (χ3v) is 5.55. The second-order valence-electron chi connectivity index (χ2n) is 6.98. The summed E-state index contributed by atoms with van der Waals surface area (Å²) in [5, 5.41) is 10.2. The van der Waals surface area contributed by atoms with Crippen molar-refractivity contribution in [3.05, 3.63) is 33.4 Å². The van der Waals surface area contributed by atoms with Crippen molar-refractivity contribution < 1.29 is 4.79 Å². The zero-order chi connectivity index (χ0) is 16.8. The van der Waals surface area contributed by atoms with E-state index in [0.717, 1.165) is 24.1 Å². The van der Waals surface area contributed by atoms with Crippen molar-refractivity contribution in [2.24, 2.45) is 7.05 Å². The van der Waals surface area contributed by atoms with Gasteiger partial charge in [-0.05, 0) is 19.8 Å². The maximum absolute atomic E-state index is 12.7. The molecule has 4 rings (SSSR count). The molecule has 0 aromatic carbocycles. The number of aromatic amines is 1. The highest BCUT2D eigenvalue weighted by Gasteiger charge is 2.35. The summed E-state index contributed by atoms with van der Waals surface area (Å²) in [7, 11) is 1.88. The van der Waals surface area contributed by atoms with Gasteiger partial charge in [0, 0.05) is 30.6 Å². The summed E-state index contributed by atoms with van der Waals surface area (Å²) in [4.78, 5) is 25.0. The summed E-state index contributed by atoms with van der Waals surface area (Å²) < 4.78 is 3.69. The van der Waals surface area contributed by atoms with Gasteiger partial charge in [-0.15, -0.1) is 0 Å². The van der Waals surface area contributed by atoms with Crippen LogP contribution < -0.4 is 10.9 Å². The first-order chi connectivity index (χ1) is 11.6. The lowest BCUT2D eigenvalue weighted by atomic mass is 9.87. The Labute approximate surface area is 140 Å². The molecular formula is C17H23N5O2. The van der Waals surface area contributed by atoms with Crippen LogP contribution in [0.2, 0.25) is 0 Å². The predicted octanol–water partition coefficient (Wildman–Crippen LogP) is 2.20. The minimum Gasteiger partial charge on any atom is -0.311 e. The van der Waals surface area contributed by atoms with Crippen molar-refractivity contribution in [1.82, 2.24) is 19.6 Å². The minimum absolute atomic E-state index is 0.0423. The van der Waals surface area contributed by atoms with E-state index in [1.165, 1.54) is 19.3 Å². The highest BCUT2D eigenvalue weighted by atomic mass is 16.2. The van der Waals surface area contributed by atoms with Crippen molar-refractivity contribution in [1.29, 1.82) is 0 Å². The van der Waals surface area contributed by atoms with E-state index in [0.29, 0.717) is 11.4 Å². The van der Waals surface area contributed by atoms with Crippen LogP contribution in [0.15, 0.2) is 11.0 Å². The van der Waals surface area contributed by atoms with Crippen LogP contribution in [0.4, 0.5) is 5.82 Å². The number of hydrogen-bond acceptors (Lipinski definition) is 3. The maximum Gasteiger partial charge on any atom is 0.270 e. The van der Waals surface area contributed by atoms with Gasteiger partial charge < -0.3 is 5.32 Å². The second kappa shape index (κ2) is 5.65. The minimum atomic E-state index is -0.226. The van der Waals surface area contributed by atoms with Gasteiger partial charge in [0.1, 0.15) is 5.82 Å². The Morgan fingerprint density at radius 1 is 1.21 bits per heavy atom. The number of carbonyl (C=O) groups is 1. The molecule has 2 aromatic rings. The average molecular weight is 329 g/mol. The molecule has 1 atom stereocenters. The number of aromatic nitrogens is 4. The molecule has 0 saturated heterocycles. The van der Waals surface area contributed by atoms with Gasteiger partial charge in [0.2, 0.25) is 5.91 Å². The molecule has 1 saturated carbocycles. The molecule has 1 unspecified atom stereocenters. The van der Waals surface area contributed by atoms with Crippen LogP contribution in [-0.2, 0) is 11.8 Å². The van der Waals surface area contributed by atoms with Crippen LogP contribution in [0.1, 0.15) is 67.3 Å². The molecule has 1 aliphatic carbocycles. The zero-order valence-corrected chi connectivity index (χ0v) is 14.1. The highest BCUT2D eigenvalue weighted by molar-refractivity contribution is 5.94. The summed E-state index contributed by atoms with van der Waals surface area (Å²) >= 11 is 0. The topological polar surface area (TPSA) is 84.7 Å². The van der Waals surface area contributed by atoms with E-state index in [2.05, 4.69) is 15.5 Å². The molecule has 128 valence electrons. The van der Waals surface area contributed by atoms with Gasteiger partial charge in [-0.2, -0.15) is 5.10 Å². The highest BCUT2D eigenvalue weighted by Crippen LogP contribution is 2.39. The number of nitrogens with zero attached hydrogens (tertiary/aromatic N) is 3. The summed E-state index contributed by atoms with van der Waals surface area (Å²) in [6.07, 6.45) is 7.73. The lowest BCUT2D eigenvalue weighted by Crippen LogP contribution is -2.28. The van der Waals surface area contributed by atoms with Crippen LogP contribution >= 0.6 is 0 Å². The summed E-state index contributed by atoms with van der Waals surface area (Å²) in [5.41, 5.74) is 2.53. The average Bonchev–Trinajstić information content (AvgIpc) is 3.08. The standard InChI is InChI=1S/C17H23N5O2/c1-10-13(9-18-21(10)2)12-8-14(23)19-16-15(12)17(24)20-22(16)11-6-4-3-5-7-11/h9,11-12H,3-8H2,1-2H3,(H,19,23)(H,20,24). The van der Waals surface area contributed by atoms with Crippen molar-refractivity contribution >= 4 is 11.7 Å². The number of amides is 1. The normalized spacial score (nSPS) is 21.6. The van der Waals surface area contributed by atoms with Crippen LogP contribution in [0.25, 0.3) is 0 Å². The van der Waals surface area contributed by atoms with E-state index < -0.39 is 0 Å². The van der Waals surface area contributed by atoms with Crippen molar-refractivity contribution in [2.75, 3.05) is 5.32 Å². The monoisotopic (exact) mass is 329 g/mol. The lowest BCUT2D eigenvalue weighted by Gasteiger charge is -2.28. The third-order valence-electron chi connectivity index (χ3n) is 5.55. The first-order valence-electron chi connectivity index (χ1n) is 8.69. The Bertz CT molecular complexity index is 838. The number of anilines is 1. The fourth-order valence-corrected chi connectivity index (χ4v) is 4.12. The van der Waals surface area contributed by atoms with Gasteiger partial charge >= 0.3 is 0 Å². The predicted molar refractivity (Wildman–Crippen MR) is 90.2 cm³/mol. The van der Waals surface area contributed by atoms with Crippen LogP contribution in [0, 0.1) is 6.92 Å². The van der Waals surface area contributed by atoms with E-state index >= 15 is 0 Å². The van der Waals surface area contributed by atoms with Crippen molar-refractivity contribution in [2.45, 2.75) is 57.4 Å². The third kappa shape index (κ3) is 2.30. The van der Waals surface area contributed by atoms with Gasteiger partial charge in [0.05, 0.1) is 17.8 Å². The molecular weight excluding hydrogens is 306 g/mol. The zero-order valence-electron chi connectivity index (χ0n) is 14.1. The maximum atomic E-state index is 12.7. The first kappa shape index (κ1) is 15.2. The fourth-order valence-electron chi connectivity index (χ4n) is 4.12. The molecule has 0 radical (unpaired) electrons. The number of nitrogens with one attached hydrogen (secondary N) is 2. The van der Waals surface area contributed by atoms with E-state index in [9.17, 15) is 9.59 Å². The molecule has 3 heterocycles. The molecule has 1 amide bonds. The molecule has 1 fully saturated rings. The first-order valence-corrected chi connectivity index (χ1v) is 8.69. The van der Waals surface area contributed by atoms with Crippen LogP contribution in [-0.4, -0.2) is 25.5 Å². The molecule has 0 bridgehead atoms. The molecule has 1 aliphatic heterocycles. The van der Waals surface area contributed by atoms with Crippen molar-refractivity contribution in [3.63, 3.8) is 0 Å². The number of H-pyrrole nitrogens is 1. The number of carbonyl (C=O) groups excluding carboxylic acids is 1. The Morgan fingerprint density at radius 2 is 1.96 bits per heavy atom. The lowest BCUT2D eigenvalue weighted by molar-refractivity contribution is -0.116. The Balaban J connectivity index is 1.82. The SMILES string of the molecule is Cc1c(C2CC(=O)Nc3c2c(=O)[nH]n3C2CCCCC2)cnn1C. The molecule has 7 nitrogen and oxygen atoms in total. The van der Waals surface area contributed by atoms with Crippen LogP contribution in [0.5, 0.6) is 0 Å². The van der Waals surface area contributed by atoms with E-state index in [1.54, 1.807) is 10.9 Å². The second-order valence-corrected chi connectivity index (χ2v) is 6.98. The van der Waals surface area contributed by atoms with E-state index in [4.69, 9.17) is 0 Å². The van der Waals surface area contributed by atoms with Crippen molar-refractivity contribution in [3.8, 4) is 0 Å². The fraction of sp³-hybridized carbons (Fsp3) is 0.588. The van der Waals surface area contributed by atoms with E-state index in [1.807, 2.05) is 18.7 Å². The number of aryl methyl sites for hydroxylation is 1. The Hall–Kier alpha value is -2.31. The largest absolute Gasteiger partial charge is 0.311 e. The summed E-state index contributed by atoms with van der Waals surface area (Å²) in [5.74, 6) is 0.395. The van der Waals surface area contributed by atoms with Gasteiger partial charge in [0.25, 0.3) is 5.56 Å². The van der Waals surface area contributed by atoms with Gasteiger partial charge in [-0.25, -0.2) is 0 Å². The smallest absolute Gasteiger partial charge is 0.270 e. The molecule has 24 heavy (non-hydrogen) atoms. The van der Waals surface area contributed by atoms with E-state index in [-0.39, 0.29) is 29.8 Å². The summed E-state index contributed by atoms with van der Waals surface area (Å²) in [6, 6.07) is 0.268. The van der Waals surface area contributed by atoms with Crippen LogP contribution in [0.3, 0.4) is 0 Å². The Morgan fingerprint density at radius 3 is 2.62 bits per heavy atom. The quantitative estimate of drug-likeness (QED) is 0.886. The van der Waals surface area contributed by atoms with Gasteiger partial charge in [0.15, 0.2) is 0 Å². The molecule has 0 spiro atoms. The number of fused-ring (bicyclic) bond motifs is 1. The molecule has 2 N–H and O–H groups in total. The summed E-state index contributed by atoms with van der Waals surface area (Å²) in [6.45, 7) is 1.97. The molecule has 2 aromatic heterocycles. The number of hydrogen-bond donors (Lipinski definition) is 2. The molecule has 7 heteroatoms. The number of rotatable bonds is 2. The van der Waals surface area contributed by atoms with Gasteiger partial charge in [-0.1, -0.05) is 19.3 Å². The van der Waals surface area contributed by atoms with Gasteiger partial charge in [-0.3, -0.25) is 24.1 Å². The molecule has 2 aliphatic rings.